The molecule has 0 aliphatic rings. The van der Waals surface area contributed by atoms with Crippen molar-refractivity contribution in [3.8, 4) is 11.5 Å². The van der Waals surface area contributed by atoms with Crippen LogP contribution in [0.5, 0.6) is 11.5 Å². The highest BCUT2D eigenvalue weighted by Gasteiger charge is 2.33. The van der Waals surface area contributed by atoms with Crippen LogP contribution in [0.25, 0.3) is 0 Å². The maximum atomic E-state index is 13.6. The van der Waals surface area contributed by atoms with Crippen molar-refractivity contribution >= 4 is 5.69 Å². The molecule has 0 saturated carbocycles. The number of benzene rings is 2. The second-order valence-corrected chi connectivity index (χ2v) is 4.24. The molecule has 23 heavy (non-hydrogen) atoms. The van der Waals surface area contributed by atoms with Gasteiger partial charge in [0.25, 0.3) is 0 Å². The number of nitro groups is 1. The Morgan fingerprint density at radius 2 is 1.52 bits per heavy atom. The predicted molar refractivity (Wildman–Crippen MR) is 64.5 cm³/mol. The van der Waals surface area contributed by atoms with E-state index in [0.717, 1.165) is 6.07 Å². The van der Waals surface area contributed by atoms with E-state index in [0.29, 0.717) is 12.1 Å². The van der Waals surface area contributed by atoms with Gasteiger partial charge in [-0.2, -0.15) is 17.6 Å². The van der Waals surface area contributed by atoms with Gasteiger partial charge >= 0.3 is 11.9 Å². The Kier molecular flexibility index (Phi) is 4.17. The number of nitrogens with zero attached hydrogens (tertiary/aromatic N) is 1. The van der Waals surface area contributed by atoms with Crippen molar-refractivity contribution in [1.29, 1.82) is 0 Å². The third kappa shape index (κ3) is 3.52. The summed E-state index contributed by atoms with van der Waals surface area (Å²) in [5.41, 5.74) is -2.58. The van der Waals surface area contributed by atoms with Gasteiger partial charge < -0.3 is 4.74 Å². The van der Waals surface area contributed by atoms with E-state index in [1.54, 1.807) is 0 Å². The average molecular weight is 337 g/mol. The van der Waals surface area contributed by atoms with Gasteiger partial charge in [0.15, 0.2) is 17.4 Å². The van der Waals surface area contributed by atoms with Crippen LogP contribution in [0.15, 0.2) is 30.3 Å². The van der Waals surface area contributed by atoms with Gasteiger partial charge in [0.2, 0.25) is 5.82 Å². The van der Waals surface area contributed by atoms with Crippen molar-refractivity contribution in [2.45, 2.75) is 6.18 Å². The number of ether oxygens (including phenoxy) is 1. The second-order valence-electron chi connectivity index (χ2n) is 4.24. The molecule has 122 valence electrons. The topological polar surface area (TPSA) is 52.4 Å². The minimum Gasteiger partial charge on any atom is -0.451 e. The molecule has 0 atom stereocenters. The molecular weight excluding hydrogens is 332 g/mol. The van der Waals surface area contributed by atoms with Crippen LogP contribution in [-0.4, -0.2) is 4.92 Å². The van der Waals surface area contributed by atoms with Gasteiger partial charge in [0.1, 0.15) is 5.75 Å². The Bertz CT molecular complexity index is 752. The van der Waals surface area contributed by atoms with Crippen LogP contribution in [0.4, 0.5) is 32.0 Å². The third-order valence-electron chi connectivity index (χ3n) is 2.66. The van der Waals surface area contributed by atoms with Gasteiger partial charge in [0.05, 0.1) is 16.6 Å². The van der Waals surface area contributed by atoms with Crippen LogP contribution in [0, 0.1) is 27.6 Å². The van der Waals surface area contributed by atoms with Crippen LogP contribution in [0.2, 0.25) is 0 Å². The molecule has 2 aromatic rings. The highest BCUT2D eigenvalue weighted by Crippen LogP contribution is 2.36. The van der Waals surface area contributed by atoms with Gasteiger partial charge in [-0.25, -0.2) is 8.78 Å². The summed E-state index contributed by atoms with van der Waals surface area (Å²) in [5.74, 6) is -6.25. The van der Waals surface area contributed by atoms with E-state index in [9.17, 15) is 36.5 Å². The Morgan fingerprint density at radius 3 is 2.00 bits per heavy atom. The normalized spacial score (nSPS) is 11.4. The summed E-state index contributed by atoms with van der Waals surface area (Å²) >= 11 is 0. The van der Waals surface area contributed by atoms with E-state index >= 15 is 0 Å². The van der Waals surface area contributed by atoms with E-state index in [1.165, 1.54) is 0 Å². The first-order valence-corrected chi connectivity index (χ1v) is 5.77. The highest BCUT2D eigenvalue weighted by atomic mass is 19.4. The lowest BCUT2D eigenvalue weighted by Gasteiger charge is -2.11. The van der Waals surface area contributed by atoms with Gasteiger partial charge in [-0.3, -0.25) is 10.1 Å². The molecule has 10 heteroatoms. The van der Waals surface area contributed by atoms with Crippen molar-refractivity contribution < 1.29 is 36.0 Å². The zero-order valence-electron chi connectivity index (χ0n) is 10.8. The molecule has 0 N–H and O–H groups in total. The summed E-state index contributed by atoms with van der Waals surface area (Å²) in [4.78, 5) is 9.46. The number of halogens is 6. The summed E-state index contributed by atoms with van der Waals surface area (Å²) < 4.78 is 82.2. The number of hydrogen-bond donors (Lipinski definition) is 0. The molecule has 0 fully saturated rings. The van der Waals surface area contributed by atoms with Crippen molar-refractivity contribution in [1.82, 2.24) is 0 Å². The highest BCUT2D eigenvalue weighted by molar-refractivity contribution is 5.43. The Hall–Kier alpha value is -2.78. The zero-order chi connectivity index (χ0) is 17.4. The van der Waals surface area contributed by atoms with Gasteiger partial charge in [-0.05, 0) is 24.3 Å². The summed E-state index contributed by atoms with van der Waals surface area (Å²) in [6, 6.07) is 2.02. The predicted octanol–water partition coefficient (Wildman–Crippen LogP) is 4.82. The van der Waals surface area contributed by atoms with Crippen LogP contribution in [0.3, 0.4) is 0 Å². The van der Waals surface area contributed by atoms with E-state index in [4.69, 9.17) is 0 Å². The summed E-state index contributed by atoms with van der Waals surface area (Å²) in [7, 11) is 0. The zero-order valence-corrected chi connectivity index (χ0v) is 10.8. The molecule has 2 aromatic carbocycles. The SMILES string of the molecule is O=[N+]([O-])c1cc(Oc2c(F)cc(C(F)(F)F)cc2F)ccc1F. The van der Waals surface area contributed by atoms with E-state index in [-0.39, 0.29) is 12.1 Å². The minimum atomic E-state index is -4.96. The number of nitro benzene ring substituents is 1. The summed E-state index contributed by atoms with van der Waals surface area (Å²) in [5, 5.41) is 10.6. The average Bonchev–Trinajstić information content (AvgIpc) is 2.43. The minimum absolute atomic E-state index is 0.0103. The molecule has 4 nitrogen and oxygen atoms in total. The standard InChI is InChI=1S/C13H5F6NO3/c14-8-2-1-7(5-11(8)20(21)22)23-12-9(15)3-6(4-10(12)16)13(17,18)19/h1-5H. The van der Waals surface area contributed by atoms with E-state index in [1.807, 2.05) is 0 Å². The molecular formula is C13H5F6NO3. The largest absolute Gasteiger partial charge is 0.451 e. The third-order valence-corrected chi connectivity index (χ3v) is 2.66. The molecule has 0 saturated heterocycles. The summed E-state index contributed by atoms with van der Waals surface area (Å²) in [6.07, 6.45) is -4.96. The number of hydrogen-bond acceptors (Lipinski definition) is 3. The van der Waals surface area contributed by atoms with Crippen molar-refractivity contribution in [3.63, 3.8) is 0 Å². The molecule has 0 heterocycles. The van der Waals surface area contributed by atoms with Crippen LogP contribution < -0.4 is 4.74 Å². The smallest absolute Gasteiger partial charge is 0.416 e. The van der Waals surface area contributed by atoms with E-state index in [2.05, 4.69) is 4.74 Å². The first-order valence-electron chi connectivity index (χ1n) is 5.77. The maximum absolute atomic E-state index is 13.6. The molecule has 0 aliphatic carbocycles. The summed E-state index contributed by atoms with van der Waals surface area (Å²) in [6.45, 7) is 0. The molecule has 0 unspecified atom stereocenters. The van der Waals surface area contributed by atoms with Crippen LogP contribution in [-0.2, 0) is 6.18 Å². The van der Waals surface area contributed by atoms with E-state index < -0.39 is 51.3 Å². The monoisotopic (exact) mass is 337 g/mol. The van der Waals surface area contributed by atoms with Gasteiger partial charge in [0, 0.05) is 0 Å². The maximum Gasteiger partial charge on any atom is 0.416 e. The fourth-order valence-corrected chi connectivity index (χ4v) is 1.63. The van der Waals surface area contributed by atoms with Crippen LogP contribution >= 0.6 is 0 Å². The fraction of sp³-hybridized carbons (Fsp3) is 0.0769. The van der Waals surface area contributed by atoms with Gasteiger partial charge in [-0.15, -0.1) is 0 Å². The van der Waals surface area contributed by atoms with Crippen LogP contribution in [0.1, 0.15) is 5.56 Å². The number of rotatable bonds is 3. The molecule has 0 aromatic heterocycles. The Labute approximate surface area is 124 Å². The Morgan fingerprint density at radius 1 is 0.957 bits per heavy atom. The lowest BCUT2D eigenvalue weighted by atomic mass is 10.2. The number of alkyl halides is 3. The fourth-order valence-electron chi connectivity index (χ4n) is 1.63. The van der Waals surface area contributed by atoms with Crippen molar-refractivity contribution in [3.05, 3.63) is 63.5 Å². The Balaban J connectivity index is 2.42. The second kappa shape index (κ2) is 5.78. The molecule has 2 rings (SSSR count). The van der Waals surface area contributed by atoms with Crippen molar-refractivity contribution in [2.75, 3.05) is 0 Å². The lowest BCUT2D eigenvalue weighted by molar-refractivity contribution is -0.387. The molecule has 0 spiro atoms. The first-order chi connectivity index (χ1) is 10.6. The van der Waals surface area contributed by atoms with Gasteiger partial charge in [-0.1, -0.05) is 0 Å². The molecule has 0 aliphatic heterocycles. The lowest BCUT2D eigenvalue weighted by Crippen LogP contribution is -2.07. The molecule has 0 amide bonds. The first kappa shape index (κ1) is 16.6. The van der Waals surface area contributed by atoms with Crippen molar-refractivity contribution in [2.24, 2.45) is 0 Å². The quantitative estimate of drug-likeness (QED) is 0.458. The molecule has 0 radical (unpaired) electrons. The molecule has 0 bridgehead atoms.